The summed E-state index contributed by atoms with van der Waals surface area (Å²) in [6.07, 6.45) is 15.4. The van der Waals surface area contributed by atoms with Crippen LogP contribution >= 0.6 is 21.2 Å². The lowest BCUT2D eigenvalue weighted by Gasteiger charge is -2.31. The van der Waals surface area contributed by atoms with E-state index in [9.17, 15) is 37.4 Å². The van der Waals surface area contributed by atoms with Crippen molar-refractivity contribution in [3.05, 3.63) is 119 Å². The van der Waals surface area contributed by atoms with Crippen LogP contribution in [0.5, 0.6) is 0 Å². The number of aliphatic hydroxyl groups is 2. The average molecular weight is 1160 g/mol. The lowest BCUT2D eigenvalue weighted by atomic mass is 9.96. The van der Waals surface area contributed by atoms with Crippen LogP contribution < -0.4 is 10.6 Å². The van der Waals surface area contributed by atoms with E-state index in [1.165, 1.54) is 4.90 Å². The van der Waals surface area contributed by atoms with Gasteiger partial charge >= 0.3 is 0 Å². The number of unbranched alkanes of at least 4 members (excludes halogenated alkanes) is 2. The van der Waals surface area contributed by atoms with Crippen LogP contribution in [0, 0.1) is 0 Å². The van der Waals surface area contributed by atoms with E-state index in [0.717, 1.165) is 95.0 Å². The Hall–Kier alpha value is -5.24. The molecule has 0 aromatic heterocycles. The molecule has 2 unspecified atom stereocenters. The van der Waals surface area contributed by atoms with Gasteiger partial charge in [-0.25, -0.2) is 0 Å². The number of methoxy groups -OCH3 is 4. The first-order chi connectivity index (χ1) is 38.1. The predicted molar refractivity (Wildman–Crippen MR) is 313 cm³/mol. The predicted octanol–water partition coefficient (Wildman–Crippen LogP) is 9.10. The van der Waals surface area contributed by atoms with E-state index < -0.39 is 21.2 Å². The van der Waals surface area contributed by atoms with Gasteiger partial charge in [-0.15, -0.1) is 0 Å². The Bertz CT molecular complexity index is 2080. The maximum atomic E-state index is 13.1. The summed E-state index contributed by atoms with van der Waals surface area (Å²) in [6, 6.07) is 17.7. The van der Waals surface area contributed by atoms with E-state index in [1.807, 2.05) is 43.9 Å². The molecule has 1 fully saturated rings. The number of allylic oxidation sites excluding steroid dienone is 3. The van der Waals surface area contributed by atoms with Crippen molar-refractivity contribution in [3.63, 3.8) is 0 Å². The molecule has 450 valence electrons. The highest BCUT2D eigenvalue weighted by atomic mass is 32.3. The molecule has 0 radical (unpaired) electrons. The zero-order chi connectivity index (χ0) is 59.5. The Kier molecular flexibility index (Phi) is 41.5. The SMILES string of the molecule is CC.CCC1=C(NC=O)C=C(OCCCCCOC2=C(OC)CC=C(C(=O)N3CCCC3)C(NC=O)=C2)C(OC)C1.CCCC(CO)N(C)C=O.CO.COCCS(O)(O)c1ccccc1.COCCS(O)(O)c1ccccc1. The largest absolute Gasteiger partial charge is 0.497 e. The van der Waals surface area contributed by atoms with Crippen molar-refractivity contribution in [3.8, 4) is 0 Å². The highest BCUT2D eigenvalue weighted by molar-refractivity contribution is 8.24. The number of aliphatic hydroxyl groups excluding tert-OH is 2. The molecule has 3 aliphatic rings. The Morgan fingerprint density at radius 1 is 0.772 bits per heavy atom. The first-order valence-corrected chi connectivity index (χ1v) is 30.0. The van der Waals surface area contributed by atoms with Gasteiger partial charge in [0.2, 0.25) is 19.2 Å². The molecule has 0 spiro atoms. The van der Waals surface area contributed by atoms with Gasteiger partial charge in [0.25, 0.3) is 5.91 Å². The number of likely N-dealkylation sites (tertiary alicyclic amines) is 1. The highest BCUT2D eigenvalue weighted by Crippen LogP contribution is 2.48. The summed E-state index contributed by atoms with van der Waals surface area (Å²) in [5, 5.41) is 21.2. The molecule has 20 nitrogen and oxygen atoms in total. The van der Waals surface area contributed by atoms with Gasteiger partial charge in [-0.3, -0.25) is 37.4 Å². The fourth-order valence-electron chi connectivity index (χ4n) is 7.63. The summed E-state index contributed by atoms with van der Waals surface area (Å²) >= 11 is 0. The minimum absolute atomic E-state index is 0.00231. The monoisotopic (exact) mass is 1150 g/mol. The molecule has 1 saturated heterocycles. The van der Waals surface area contributed by atoms with E-state index in [2.05, 4.69) is 17.6 Å². The van der Waals surface area contributed by atoms with Gasteiger partial charge in [-0.2, -0.15) is 21.2 Å². The van der Waals surface area contributed by atoms with Gasteiger partial charge in [-0.05, 0) is 74.8 Å². The molecule has 8 N–H and O–H groups in total. The molecule has 1 heterocycles. The number of amides is 4. The molecule has 2 aromatic rings. The molecule has 0 bridgehead atoms. The Balaban J connectivity index is 0.00000123. The molecular weight excluding hydrogens is 1060 g/mol. The second kappa shape index (κ2) is 44.5. The number of rotatable bonds is 29. The molecule has 2 aromatic carbocycles. The summed E-state index contributed by atoms with van der Waals surface area (Å²) in [4.78, 5) is 50.0. The fourth-order valence-corrected chi connectivity index (χ4v) is 10.1. The van der Waals surface area contributed by atoms with Crippen molar-refractivity contribution in [2.75, 3.05) is 100 Å². The van der Waals surface area contributed by atoms with Crippen LogP contribution in [0.25, 0.3) is 0 Å². The van der Waals surface area contributed by atoms with Gasteiger partial charge in [0.1, 0.15) is 17.6 Å². The smallest absolute Gasteiger partial charge is 0.255 e. The van der Waals surface area contributed by atoms with E-state index in [-0.39, 0.29) is 36.2 Å². The Labute approximate surface area is 473 Å². The third kappa shape index (κ3) is 28.2. The number of nitrogens with zero attached hydrogens (tertiary/aromatic N) is 2. The number of carbonyl (C=O) groups excluding carboxylic acids is 4. The van der Waals surface area contributed by atoms with Gasteiger partial charge in [-0.1, -0.05) is 76.6 Å². The van der Waals surface area contributed by atoms with E-state index in [1.54, 1.807) is 96.2 Å². The summed E-state index contributed by atoms with van der Waals surface area (Å²) in [7, 11) is 3.70. The Morgan fingerprint density at radius 2 is 1.30 bits per heavy atom. The first kappa shape index (κ1) is 73.8. The number of carbonyl (C=O) groups is 4. The molecule has 22 heteroatoms. The average Bonchev–Trinajstić information content (AvgIpc) is 3.98. The molecule has 1 aliphatic heterocycles. The normalized spacial score (nSPS) is 15.6. The summed E-state index contributed by atoms with van der Waals surface area (Å²) in [5.41, 5.74) is 2.78. The van der Waals surface area contributed by atoms with Crippen molar-refractivity contribution in [2.24, 2.45) is 0 Å². The first-order valence-electron chi connectivity index (χ1n) is 26.6. The molecule has 79 heavy (non-hydrogen) atoms. The second-order valence-corrected chi connectivity index (χ2v) is 21.7. The maximum absolute atomic E-state index is 13.1. The van der Waals surface area contributed by atoms with Crippen molar-refractivity contribution in [1.29, 1.82) is 0 Å². The van der Waals surface area contributed by atoms with E-state index in [0.29, 0.717) is 84.7 Å². The van der Waals surface area contributed by atoms with Gasteiger partial charge in [0.15, 0.2) is 5.76 Å². The topological polar surface area (TPSA) is 276 Å². The molecule has 4 amide bonds. The third-order valence-corrected chi connectivity index (χ3v) is 15.6. The zero-order valence-electron chi connectivity index (χ0n) is 48.3. The third-order valence-electron chi connectivity index (χ3n) is 12.0. The number of hydrogen-bond acceptors (Lipinski definition) is 16. The van der Waals surface area contributed by atoms with Crippen LogP contribution in [0.3, 0.4) is 0 Å². The van der Waals surface area contributed by atoms with E-state index >= 15 is 0 Å². The fraction of sp³-hybridized carbons (Fsp3) is 0.544. The summed E-state index contributed by atoms with van der Waals surface area (Å²) in [6.45, 7) is 11.3. The molecular formula is C57H94N4O16S2. The van der Waals surface area contributed by atoms with Crippen molar-refractivity contribution in [2.45, 2.75) is 114 Å². The number of likely N-dealkylation sites (N-methyl/N-ethyl adjacent to an activating group) is 1. The van der Waals surface area contributed by atoms with Crippen LogP contribution in [0.15, 0.2) is 129 Å². The van der Waals surface area contributed by atoms with Gasteiger partial charge in [0, 0.05) is 79.3 Å². The van der Waals surface area contributed by atoms with Gasteiger partial charge in [0.05, 0.1) is 78.8 Å². The highest BCUT2D eigenvalue weighted by Gasteiger charge is 2.27. The summed E-state index contributed by atoms with van der Waals surface area (Å²) in [5.74, 6) is 2.24. The van der Waals surface area contributed by atoms with Crippen LogP contribution in [-0.4, -0.2) is 176 Å². The number of benzene rings is 2. The van der Waals surface area contributed by atoms with Crippen LogP contribution in [0.2, 0.25) is 0 Å². The number of hydrogen-bond donors (Lipinski definition) is 8. The van der Waals surface area contributed by atoms with Crippen molar-refractivity contribution < 1.29 is 76.0 Å². The zero-order valence-corrected chi connectivity index (χ0v) is 49.9. The van der Waals surface area contributed by atoms with E-state index in [4.69, 9.17) is 38.6 Å². The lowest BCUT2D eigenvalue weighted by Crippen LogP contribution is -2.33. The molecule has 0 saturated carbocycles. The minimum atomic E-state index is -2.65. The van der Waals surface area contributed by atoms with Crippen LogP contribution in [0.1, 0.15) is 91.9 Å². The maximum Gasteiger partial charge on any atom is 0.255 e. The number of ether oxygens (including phenoxy) is 6. The second-order valence-electron chi connectivity index (χ2n) is 17.2. The van der Waals surface area contributed by atoms with Crippen LogP contribution in [-0.2, 0) is 47.6 Å². The van der Waals surface area contributed by atoms with Crippen molar-refractivity contribution >= 4 is 46.3 Å². The van der Waals surface area contributed by atoms with Gasteiger partial charge < -0.3 is 59.1 Å². The van der Waals surface area contributed by atoms with Crippen molar-refractivity contribution in [1.82, 2.24) is 20.4 Å². The molecule has 2 aliphatic carbocycles. The summed E-state index contributed by atoms with van der Waals surface area (Å²) < 4.78 is 71.5. The Morgan fingerprint density at radius 3 is 1.75 bits per heavy atom. The standard InChI is InChI=1S/C29H41N3O7.2C9H14O3S.C7H15NO2.C2H6.CH4O/c1-4-21-16-26(37-3)28(17-23(21)30-19-33)39-15-9-5-8-14-38-27-18-24(31-20-34)22(10-11-25(27)36-2)29(35)32-12-6-7-13-32;2*1-12-7-8-13(10,11)9-5-3-2-4-6-9;1-3-4-7(5-9)8(2)6-10;2*1-2/h10,17-20,26H,4-9,11-16H2,1-3H3,(H,30,33)(H,31,34);2*2-6,10-11H,7-8H2,1H3;6-7,9H,3-5H2,1-2H3;1-2H3;2H,1H3. The number of nitrogens with one attached hydrogen (secondary N) is 2. The minimum Gasteiger partial charge on any atom is -0.497 e. The van der Waals surface area contributed by atoms with Crippen LogP contribution in [0.4, 0.5) is 0 Å². The quantitative estimate of drug-likeness (QED) is 0.0279. The molecule has 5 rings (SSSR count). The molecule has 2 atom stereocenters. The lowest BCUT2D eigenvalue weighted by molar-refractivity contribution is -0.126.